The summed E-state index contributed by atoms with van der Waals surface area (Å²) in [5.41, 5.74) is 0. The molecule has 0 saturated heterocycles. The molecular weight excluding hydrogens is 283 g/mol. The van der Waals surface area contributed by atoms with Gasteiger partial charge in [0, 0.05) is 0 Å². The van der Waals surface area contributed by atoms with E-state index in [1.807, 2.05) is 22.6 Å². The summed E-state index contributed by atoms with van der Waals surface area (Å²) in [5.74, 6) is -0.215. The average Bonchev–Trinajstić information content (AvgIpc) is 2.08. The van der Waals surface area contributed by atoms with Crippen molar-refractivity contribution in [3.8, 4) is 0 Å². The Balaban J connectivity index is 2.26. The van der Waals surface area contributed by atoms with Crippen LogP contribution in [0, 0.1) is 5.92 Å². The van der Waals surface area contributed by atoms with Crippen LogP contribution in [-0.4, -0.2) is 26.2 Å². The van der Waals surface area contributed by atoms with Gasteiger partial charge in [-0.15, -0.1) is 0 Å². The molecule has 13 heavy (non-hydrogen) atoms. The maximum atomic E-state index is 10.6. The second-order valence-electron chi connectivity index (χ2n) is 3.72. The standard InChI is InChI=1S/C9H15IO3/c10-8(9(12)13)5-6-1-3-7(11)4-2-6/h6-8,11H,1-5H2,(H,12,13)/t6?,7?,8-/m0/s1. The second kappa shape index (κ2) is 5.14. The van der Waals surface area contributed by atoms with E-state index >= 15 is 0 Å². The van der Waals surface area contributed by atoms with Crippen molar-refractivity contribution in [1.82, 2.24) is 0 Å². The molecule has 0 aromatic carbocycles. The van der Waals surface area contributed by atoms with Gasteiger partial charge in [0.2, 0.25) is 0 Å². The first-order valence-electron chi connectivity index (χ1n) is 4.64. The van der Waals surface area contributed by atoms with Crippen LogP contribution in [0.25, 0.3) is 0 Å². The van der Waals surface area contributed by atoms with Crippen molar-refractivity contribution in [2.75, 3.05) is 0 Å². The quantitative estimate of drug-likeness (QED) is 0.617. The van der Waals surface area contributed by atoms with Gasteiger partial charge in [0.1, 0.15) is 3.92 Å². The maximum Gasteiger partial charge on any atom is 0.316 e. The average molecular weight is 298 g/mol. The van der Waals surface area contributed by atoms with Gasteiger partial charge in [-0.3, -0.25) is 4.79 Å². The fraction of sp³-hybridized carbons (Fsp3) is 0.889. The largest absolute Gasteiger partial charge is 0.480 e. The number of aliphatic carboxylic acids is 1. The minimum atomic E-state index is -0.716. The van der Waals surface area contributed by atoms with Gasteiger partial charge < -0.3 is 10.2 Å². The number of hydrogen-bond acceptors (Lipinski definition) is 2. The summed E-state index contributed by atoms with van der Waals surface area (Å²) in [5, 5.41) is 18.0. The zero-order valence-electron chi connectivity index (χ0n) is 7.45. The van der Waals surface area contributed by atoms with Gasteiger partial charge in [0.25, 0.3) is 0 Å². The van der Waals surface area contributed by atoms with Crippen LogP contribution in [0.2, 0.25) is 0 Å². The molecule has 4 heteroatoms. The van der Waals surface area contributed by atoms with Crippen molar-refractivity contribution in [3.05, 3.63) is 0 Å². The van der Waals surface area contributed by atoms with Crippen LogP contribution in [0.15, 0.2) is 0 Å². The molecule has 1 atom stereocenters. The van der Waals surface area contributed by atoms with E-state index in [2.05, 4.69) is 0 Å². The minimum Gasteiger partial charge on any atom is -0.480 e. The van der Waals surface area contributed by atoms with E-state index in [0.29, 0.717) is 5.92 Å². The highest BCUT2D eigenvalue weighted by Crippen LogP contribution is 2.29. The minimum absolute atomic E-state index is 0.145. The number of carboxylic acids is 1. The molecule has 0 unspecified atom stereocenters. The van der Waals surface area contributed by atoms with E-state index in [4.69, 9.17) is 5.11 Å². The topological polar surface area (TPSA) is 57.5 Å². The molecule has 1 aliphatic rings. The third-order valence-corrected chi connectivity index (χ3v) is 3.67. The molecule has 0 radical (unpaired) electrons. The Labute approximate surface area is 91.7 Å². The summed E-state index contributed by atoms with van der Waals surface area (Å²) in [4.78, 5) is 10.6. The number of carbonyl (C=O) groups is 1. The summed E-state index contributed by atoms with van der Waals surface area (Å²) in [6, 6.07) is 0. The highest BCUT2D eigenvalue weighted by molar-refractivity contribution is 14.1. The highest BCUT2D eigenvalue weighted by Gasteiger charge is 2.24. The van der Waals surface area contributed by atoms with Crippen molar-refractivity contribution >= 4 is 28.6 Å². The molecule has 1 aliphatic carbocycles. The third kappa shape index (κ3) is 3.81. The van der Waals surface area contributed by atoms with Gasteiger partial charge in [0.15, 0.2) is 0 Å². The first-order chi connectivity index (χ1) is 6.09. The Morgan fingerprint density at radius 1 is 1.38 bits per heavy atom. The van der Waals surface area contributed by atoms with E-state index in [1.54, 1.807) is 0 Å². The van der Waals surface area contributed by atoms with Gasteiger partial charge >= 0.3 is 5.97 Å². The van der Waals surface area contributed by atoms with Gasteiger partial charge in [-0.2, -0.15) is 0 Å². The van der Waals surface area contributed by atoms with Gasteiger partial charge in [0.05, 0.1) is 6.10 Å². The molecular formula is C9H15IO3. The Morgan fingerprint density at radius 3 is 2.38 bits per heavy atom. The number of alkyl halides is 1. The van der Waals surface area contributed by atoms with Crippen LogP contribution < -0.4 is 0 Å². The lowest BCUT2D eigenvalue weighted by Gasteiger charge is -2.25. The summed E-state index contributed by atoms with van der Waals surface area (Å²) in [6.45, 7) is 0. The van der Waals surface area contributed by atoms with E-state index < -0.39 is 5.97 Å². The fourth-order valence-corrected chi connectivity index (χ4v) is 2.49. The van der Waals surface area contributed by atoms with Crippen molar-refractivity contribution in [2.24, 2.45) is 5.92 Å². The fourth-order valence-electron chi connectivity index (χ4n) is 1.77. The first-order valence-corrected chi connectivity index (χ1v) is 5.89. The monoisotopic (exact) mass is 298 g/mol. The molecule has 0 bridgehead atoms. The molecule has 0 amide bonds. The number of carboxylic acid groups (broad SMARTS) is 1. The number of aliphatic hydroxyl groups excluding tert-OH is 1. The van der Waals surface area contributed by atoms with E-state index in [1.165, 1.54) is 0 Å². The van der Waals surface area contributed by atoms with Crippen LogP contribution in [0.3, 0.4) is 0 Å². The molecule has 1 rings (SSSR count). The summed E-state index contributed by atoms with van der Waals surface area (Å²) < 4.78 is -0.266. The molecule has 0 aliphatic heterocycles. The highest BCUT2D eigenvalue weighted by atomic mass is 127. The van der Waals surface area contributed by atoms with Gasteiger partial charge in [-0.1, -0.05) is 22.6 Å². The maximum absolute atomic E-state index is 10.6. The summed E-state index contributed by atoms with van der Waals surface area (Å²) in [7, 11) is 0. The normalized spacial score (nSPS) is 31.2. The predicted molar refractivity (Wildman–Crippen MR) is 58.0 cm³/mol. The van der Waals surface area contributed by atoms with Crippen molar-refractivity contribution < 1.29 is 15.0 Å². The van der Waals surface area contributed by atoms with Crippen LogP contribution >= 0.6 is 22.6 Å². The lowest BCUT2D eigenvalue weighted by molar-refractivity contribution is -0.136. The van der Waals surface area contributed by atoms with Gasteiger partial charge in [-0.05, 0) is 38.0 Å². The molecule has 0 heterocycles. The zero-order chi connectivity index (χ0) is 9.84. The third-order valence-electron chi connectivity index (χ3n) is 2.62. The van der Waals surface area contributed by atoms with Crippen LogP contribution in [-0.2, 0) is 4.79 Å². The number of hydrogen-bond donors (Lipinski definition) is 2. The Kier molecular flexibility index (Phi) is 4.45. The Bertz CT molecular complexity index is 176. The molecule has 0 aromatic rings. The van der Waals surface area contributed by atoms with Crippen molar-refractivity contribution in [1.29, 1.82) is 0 Å². The molecule has 0 aromatic heterocycles. The smallest absolute Gasteiger partial charge is 0.316 e. The molecule has 3 nitrogen and oxygen atoms in total. The summed E-state index contributed by atoms with van der Waals surface area (Å²) >= 11 is 1.98. The predicted octanol–water partition coefficient (Wildman–Crippen LogP) is 1.82. The Hall–Kier alpha value is 0.160. The molecule has 1 saturated carbocycles. The van der Waals surface area contributed by atoms with Crippen LogP contribution in [0.1, 0.15) is 32.1 Å². The first kappa shape index (κ1) is 11.2. The van der Waals surface area contributed by atoms with Crippen molar-refractivity contribution in [3.63, 3.8) is 0 Å². The molecule has 76 valence electrons. The lowest BCUT2D eigenvalue weighted by Crippen LogP contribution is -2.23. The number of rotatable bonds is 3. The van der Waals surface area contributed by atoms with E-state index in [-0.39, 0.29) is 10.0 Å². The van der Waals surface area contributed by atoms with E-state index in [0.717, 1.165) is 32.1 Å². The lowest BCUT2D eigenvalue weighted by atomic mass is 9.85. The SMILES string of the molecule is O=C(O)[C@@H](I)CC1CCC(O)CC1. The molecule has 1 fully saturated rings. The van der Waals surface area contributed by atoms with Crippen molar-refractivity contribution in [2.45, 2.75) is 42.1 Å². The number of aliphatic hydroxyl groups is 1. The second-order valence-corrected chi connectivity index (χ2v) is 5.22. The Morgan fingerprint density at radius 2 is 1.92 bits per heavy atom. The van der Waals surface area contributed by atoms with Crippen LogP contribution in [0.4, 0.5) is 0 Å². The molecule has 0 spiro atoms. The van der Waals surface area contributed by atoms with Crippen LogP contribution in [0.5, 0.6) is 0 Å². The zero-order valence-corrected chi connectivity index (χ0v) is 9.61. The van der Waals surface area contributed by atoms with E-state index in [9.17, 15) is 9.90 Å². The van der Waals surface area contributed by atoms with Gasteiger partial charge in [-0.25, -0.2) is 0 Å². The molecule has 2 N–H and O–H groups in total. The number of halogens is 1. The summed E-state index contributed by atoms with van der Waals surface area (Å²) in [6.07, 6.45) is 4.25.